The predicted octanol–water partition coefficient (Wildman–Crippen LogP) is 2.04. The Labute approximate surface area is 113 Å². The molecule has 1 fully saturated rings. The Bertz CT molecular complexity index is 488. The average molecular weight is 261 g/mol. The first-order valence-corrected chi connectivity index (χ1v) is 6.58. The van der Waals surface area contributed by atoms with Crippen LogP contribution in [0.1, 0.15) is 29.8 Å². The highest BCUT2D eigenvalue weighted by atomic mass is 16.4. The highest BCUT2D eigenvalue weighted by Crippen LogP contribution is 2.23. The van der Waals surface area contributed by atoms with Gasteiger partial charge in [0.1, 0.15) is 0 Å². The Morgan fingerprint density at radius 1 is 1.21 bits per heavy atom. The summed E-state index contributed by atoms with van der Waals surface area (Å²) in [4.78, 5) is 25.2. The van der Waals surface area contributed by atoms with Crippen LogP contribution in [0.2, 0.25) is 0 Å². The number of amides is 1. The van der Waals surface area contributed by atoms with E-state index in [1.807, 2.05) is 4.90 Å². The molecule has 19 heavy (non-hydrogen) atoms. The van der Waals surface area contributed by atoms with E-state index in [0.29, 0.717) is 17.4 Å². The van der Waals surface area contributed by atoms with Crippen LogP contribution in [0, 0.1) is 11.8 Å². The molecule has 1 heterocycles. The maximum absolute atomic E-state index is 12.2. The second kappa shape index (κ2) is 5.43. The predicted molar refractivity (Wildman–Crippen MR) is 72.0 cm³/mol. The molecule has 0 aliphatic carbocycles. The van der Waals surface area contributed by atoms with Crippen molar-refractivity contribution in [2.75, 3.05) is 13.1 Å². The molecule has 2 atom stereocenters. The number of carboxylic acids is 1. The van der Waals surface area contributed by atoms with Crippen molar-refractivity contribution in [2.24, 2.45) is 11.8 Å². The fourth-order valence-corrected chi connectivity index (χ4v) is 2.49. The van der Waals surface area contributed by atoms with Crippen LogP contribution in [0.25, 0.3) is 0 Å². The summed E-state index contributed by atoms with van der Waals surface area (Å²) in [6, 6.07) is 6.70. The molecule has 1 N–H and O–H groups in total. The number of hydrogen-bond donors (Lipinski definition) is 1. The lowest BCUT2D eigenvalue weighted by atomic mass is 10.0. The van der Waals surface area contributed by atoms with E-state index in [1.165, 1.54) is 0 Å². The minimum absolute atomic E-state index is 0.0184. The van der Waals surface area contributed by atoms with Gasteiger partial charge in [-0.05, 0) is 23.5 Å². The summed E-state index contributed by atoms with van der Waals surface area (Å²) >= 11 is 0. The van der Waals surface area contributed by atoms with Gasteiger partial charge in [-0.1, -0.05) is 32.0 Å². The largest absolute Gasteiger partial charge is 0.478 e. The highest BCUT2D eigenvalue weighted by Gasteiger charge is 2.29. The van der Waals surface area contributed by atoms with Crippen molar-refractivity contribution in [1.29, 1.82) is 0 Å². The number of nitrogens with zero attached hydrogens (tertiary/aromatic N) is 1. The molecule has 0 aromatic heterocycles. The van der Waals surface area contributed by atoms with Crippen molar-refractivity contribution in [3.05, 3.63) is 35.4 Å². The van der Waals surface area contributed by atoms with Gasteiger partial charge in [0.05, 0.1) is 12.0 Å². The summed E-state index contributed by atoms with van der Waals surface area (Å²) in [5.74, 6) is 0.0637. The van der Waals surface area contributed by atoms with E-state index >= 15 is 0 Å². The molecule has 102 valence electrons. The zero-order chi connectivity index (χ0) is 14.0. The van der Waals surface area contributed by atoms with Gasteiger partial charge in [0, 0.05) is 13.1 Å². The average Bonchev–Trinajstić information content (AvgIpc) is 2.70. The van der Waals surface area contributed by atoms with Crippen molar-refractivity contribution in [1.82, 2.24) is 4.90 Å². The van der Waals surface area contributed by atoms with E-state index in [1.54, 1.807) is 24.3 Å². The number of benzene rings is 1. The van der Waals surface area contributed by atoms with Crippen LogP contribution in [0.4, 0.5) is 0 Å². The van der Waals surface area contributed by atoms with Gasteiger partial charge in [-0.2, -0.15) is 0 Å². The van der Waals surface area contributed by atoms with Crippen molar-refractivity contribution in [3.63, 3.8) is 0 Å². The lowest BCUT2D eigenvalue weighted by molar-refractivity contribution is -0.129. The zero-order valence-corrected chi connectivity index (χ0v) is 11.3. The molecule has 2 rings (SSSR count). The molecular formula is C15H19NO3. The van der Waals surface area contributed by atoms with Gasteiger partial charge in [-0.25, -0.2) is 4.79 Å². The second-order valence-corrected chi connectivity index (χ2v) is 5.39. The van der Waals surface area contributed by atoms with E-state index in [2.05, 4.69) is 13.8 Å². The van der Waals surface area contributed by atoms with E-state index in [-0.39, 0.29) is 17.9 Å². The number of carboxylic acid groups (broad SMARTS) is 1. The smallest absolute Gasteiger partial charge is 0.335 e. The number of hydrogen-bond acceptors (Lipinski definition) is 2. The van der Waals surface area contributed by atoms with Gasteiger partial charge in [0.15, 0.2) is 0 Å². The quantitative estimate of drug-likeness (QED) is 0.905. The minimum Gasteiger partial charge on any atom is -0.478 e. The molecule has 1 aliphatic rings. The number of likely N-dealkylation sites (tertiary alicyclic amines) is 1. The second-order valence-electron chi connectivity index (χ2n) is 5.39. The molecule has 1 aromatic carbocycles. The first kappa shape index (κ1) is 13.6. The van der Waals surface area contributed by atoms with Gasteiger partial charge in [-0.3, -0.25) is 4.79 Å². The summed E-state index contributed by atoms with van der Waals surface area (Å²) in [6.45, 7) is 5.83. The van der Waals surface area contributed by atoms with Crippen LogP contribution in [-0.2, 0) is 11.2 Å². The molecule has 1 saturated heterocycles. The Kier molecular flexibility index (Phi) is 3.88. The Morgan fingerprint density at radius 3 is 2.37 bits per heavy atom. The molecule has 4 nitrogen and oxygen atoms in total. The van der Waals surface area contributed by atoms with E-state index in [0.717, 1.165) is 13.1 Å². The third-order valence-corrected chi connectivity index (χ3v) is 3.93. The maximum atomic E-state index is 12.2. The Hall–Kier alpha value is -1.84. The lowest BCUT2D eigenvalue weighted by Gasteiger charge is -2.16. The molecular weight excluding hydrogens is 242 g/mol. The van der Waals surface area contributed by atoms with E-state index in [4.69, 9.17) is 5.11 Å². The summed E-state index contributed by atoms with van der Waals surface area (Å²) in [5.41, 5.74) is 0.809. The number of rotatable bonds is 3. The first-order valence-electron chi connectivity index (χ1n) is 6.58. The first-order chi connectivity index (χ1) is 8.99. The molecule has 2 unspecified atom stereocenters. The van der Waals surface area contributed by atoms with Crippen molar-refractivity contribution < 1.29 is 14.7 Å². The van der Waals surface area contributed by atoms with Gasteiger partial charge in [0.2, 0.25) is 5.91 Å². The topological polar surface area (TPSA) is 57.6 Å². The summed E-state index contributed by atoms with van der Waals surface area (Å²) in [5, 5.41) is 9.10. The zero-order valence-electron chi connectivity index (χ0n) is 11.3. The molecule has 1 aliphatic heterocycles. The maximum Gasteiger partial charge on any atom is 0.335 e. The third-order valence-electron chi connectivity index (χ3n) is 3.93. The van der Waals surface area contributed by atoms with Crippen LogP contribution in [0.3, 0.4) is 0 Å². The molecule has 1 aromatic rings. The fraction of sp³-hybridized carbons (Fsp3) is 0.467. The summed E-state index contributed by atoms with van der Waals surface area (Å²) in [6.07, 6.45) is 0.169. The number of carbonyl (C=O) groups is 2. The van der Waals surface area contributed by atoms with Gasteiger partial charge < -0.3 is 10.0 Å². The fourth-order valence-electron chi connectivity index (χ4n) is 2.49. The standard InChI is InChI=1S/C15H19NO3/c1-10-8-16(9-11(10)2)14(17)7-12-5-3-4-6-13(12)15(18)19/h3-6,10-11H,7-9H2,1-2H3,(H,18,19). The monoisotopic (exact) mass is 261 g/mol. The third kappa shape index (κ3) is 2.95. The molecule has 0 spiro atoms. The van der Waals surface area contributed by atoms with Crippen LogP contribution in [0.15, 0.2) is 24.3 Å². The molecule has 1 amide bonds. The lowest BCUT2D eigenvalue weighted by Crippen LogP contribution is -2.30. The molecule has 4 heteroatoms. The molecule has 0 saturated carbocycles. The van der Waals surface area contributed by atoms with Crippen molar-refractivity contribution >= 4 is 11.9 Å². The Balaban J connectivity index is 2.10. The SMILES string of the molecule is CC1CN(C(=O)Cc2ccccc2C(=O)O)CC1C. The van der Waals surface area contributed by atoms with Crippen LogP contribution >= 0.6 is 0 Å². The van der Waals surface area contributed by atoms with E-state index < -0.39 is 5.97 Å². The molecule has 0 radical (unpaired) electrons. The van der Waals surface area contributed by atoms with Gasteiger partial charge in [0.25, 0.3) is 0 Å². The van der Waals surface area contributed by atoms with Gasteiger partial charge in [-0.15, -0.1) is 0 Å². The van der Waals surface area contributed by atoms with Crippen molar-refractivity contribution in [3.8, 4) is 0 Å². The van der Waals surface area contributed by atoms with Crippen molar-refractivity contribution in [2.45, 2.75) is 20.3 Å². The van der Waals surface area contributed by atoms with Crippen LogP contribution in [-0.4, -0.2) is 35.0 Å². The molecule has 0 bridgehead atoms. The summed E-state index contributed by atoms with van der Waals surface area (Å²) in [7, 11) is 0. The highest BCUT2D eigenvalue weighted by molar-refractivity contribution is 5.91. The normalized spacial score (nSPS) is 22.5. The Morgan fingerprint density at radius 2 is 1.79 bits per heavy atom. The van der Waals surface area contributed by atoms with Gasteiger partial charge >= 0.3 is 5.97 Å². The van der Waals surface area contributed by atoms with Crippen LogP contribution in [0.5, 0.6) is 0 Å². The van der Waals surface area contributed by atoms with E-state index in [9.17, 15) is 9.59 Å². The summed E-state index contributed by atoms with van der Waals surface area (Å²) < 4.78 is 0. The van der Waals surface area contributed by atoms with Crippen LogP contribution < -0.4 is 0 Å². The number of aromatic carboxylic acids is 1. The minimum atomic E-state index is -0.980. The number of carbonyl (C=O) groups excluding carboxylic acids is 1.